The van der Waals surface area contributed by atoms with Gasteiger partial charge in [-0.3, -0.25) is 9.59 Å². The Hall–Kier alpha value is -2.37. The van der Waals surface area contributed by atoms with E-state index in [9.17, 15) is 9.59 Å². The first-order valence-electron chi connectivity index (χ1n) is 7.00. The molecule has 0 aliphatic carbocycles. The van der Waals surface area contributed by atoms with Gasteiger partial charge in [-0.05, 0) is 44.0 Å². The number of anilines is 1. The van der Waals surface area contributed by atoms with Crippen LogP contribution < -0.4 is 15.5 Å². The van der Waals surface area contributed by atoms with Crippen molar-refractivity contribution in [1.82, 2.24) is 5.43 Å². The van der Waals surface area contributed by atoms with Crippen molar-refractivity contribution in [2.75, 3.05) is 11.9 Å². The summed E-state index contributed by atoms with van der Waals surface area (Å²) < 4.78 is 5.29. The maximum absolute atomic E-state index is 11.7. The van der Waals surface area contributed by atoms with Gasteiger partial charge in [0, 0.05) is 11.4 Å². The highest BCUT2D eigenvalue weighted by molar-refractivity contribution is 6.39. The number of carbonyl (C=O) groups excluding carboxylic acids is 2. The summed E-state index contributed by atoms with van der Waals surface area (Å²) in [5, 5.41) is 6.39. The largest absolute Gasteiger partial charge is 0.494 e. The molecule has 0 atom stereocenters. The minimum Gasteiger partial charge on any atom is -0.494 e. The number of benzene rings is 1. The van der Waals surface area contributed by atoms with E-state index in [1.54, 1.807) is 24.3 Å². The fourth-order valence-electron chi connectivity index (χ4n) is 1.58. The molecule has 2 amide bonds. The average molecular weight is 291 g/mol. The Morgan fingerprint density at radius 3 is 2.19 bits per heavy atom. The van der Waals surface area contributed by atoms with E-state index in [2.05, 4.69) is 15.8 Å². The fourth-order valence-corrected chi connectivity index (χ4v) is 1.58. The third kappa shape index (κ3) is 5.64. The van der Waals surface area contributed by atoms with Crippen LogP contribution in [-0.2, 0) is 9.59 Å². The number of hydrogen-bond donors (Lipinski definition) is 2. The van der Waals surface area contributed by atoms with Gasteiger partial charge in [-0.25, -0.2) is 5.43 Å². The van der Waals surface area contributed by atoms with Crippen molar-refractivity contribution >= 4 is 23.2 Å². The molecule has 6 nitrogen and oxygen atoms in total. The molecule has 0 fully saturated rings. The molecule has 114 valence electrons. The van der Waals surface area contributed by atoms with Crippen molar-refractivity contribution in [1.29, 1.82) is 0 Å². The predicted molar refractivity (Wildman–Crippen MR) is 82.4 cm³/mol. The van der Waals surface area contributed by atoms with Crippen LogP contribution in [0.3, 0.4) is 0 Å². The molecular formula is C15H21N3O3. The summed E-state index contributed by atoms with van der Waals surface area (Å²) in [5.41, 5.74) is 3.60. The zero-order chi connectivity index (χ0) is 15.7. The van der Waals surface area contributed by atoms with Crippen molar-refractivity contribution in [2.24, 2.45) is 5.10 Å². The van der Waals surface area contributed by atoms with Gasteiger partial charge >= 0.3 is 11.8 Å². The molecule has 6 heteroatoms. The zero-order valence-electron chi connectivity index (χ0n) is 12.6. The third-order valence-electron chi connectivity index (χ3n) is 2.76. The molecule has 0 radical (unpaired) electrons. The van der Waals surface area contributed by atoms with Crippen LogP contribution in [0.5, 0.6) is 5.75 Å². The smallest absolute Gasteiger partial charge is 0.329 e. The Morgan fingerprint density at radius 1 is 1.05 bits per heavy atom. The lowest BCUT2D eigenvalue weighted by Gasteiger charge is -2.06. The Kier molecular flexibility index (Phi) is 6.94. The number of hydrazone groups is 1. The van der Waals surface area contributed by atoms with Gasteiger partial charge in [0.25, 0.3) is 0 Å². The van der Waals surface area contributed by atoms with Crippen LogP contribution in [0, 0.1) is 0 Å². The van der Waals surface area contributed by atoms with E-state index >= 15 is 0 Å². The van der Waals surface area contributed by atoms with Crippen molar-refractivity contribution in [2.45, 2.75) is 33.6 Å². The summed E-state index contributed by atoms with van der Waals surface area (Å²) in [4.78, 5) is 23.3. The molecule has 0 unspecified atom stereocenters. The topological polar surface area (TPSA) is 79.8 Å². The first-order chi connectivity index (χ1) is 10.1. The summed E-state index contributed by atoms with van der Waals surface area (Å²) in [6.07, 6.45) is 1.47. The maximum Gasteiger partial charge on any atom is 0.329 e. The quantitative estimate of drug-likeness (QED) is 0.479. The minimum absolute atomic E-state index is 0.522. The summed E-state index contributed by atoms with van der Waals surface area (Å²) in [6.45, 7) is 6.34. The van der Waals surface area contributed by atoms with Crippen LogP contribution in [0.1, 0.15) is 33.6 Å². The molecule has 0 aliphatic heterocycles. The number of ether oxygens (including phenoxy) is 1. The van der Waals surface area contributed by atoms with Gasteiger partial charge in [-0.1, -0.05) is 13.8 Å². The molecule has 0 bridgehead atoms. The standard InChI is InChI=1S/C15H21N3O3/c1-4-11(5-2)17-18-15(20)14(19)16-12-7-9-13(10-8-12)21-6-3/h7-10H,4-6H2,1-3H3,(H,16,19)(H,18,20). The molecule has 0 aliphatic rings. The summed E-state index contributed by atoms with van der Waals surface area (Å²) in [7, 11) is 0. The van der Waals surface area contributed by atoms with E-state index in [1.807, 2.05) is 20.8 Å². The van der Waals surface area contributed by atoms with Gasteiger partial charge in [0.05, 0.1) is 6.61 Å². The molecule has 2 N–H and O–H groups in total. The summed E-state index contributed by atoms with van der Waals surface area (Å²) in [6, 6.07) is 6.79. The normalized spacial score (nSPS) is 9.67. The zero-order valence-corrected chi connectivity index (χ0v) is 12.6. The molecular weight excluding hydrogens is 270 g/mol. The Bertz CT molecular complexity index is 503. The monoisotopic (exact) mass is 291 g/mol. The van der Waals surface area contributed by atoms with E-state index in [-0.39, 0.29) is 0 Å². The van der Waals surface area contributed by atoms with Crippen molar-refractivity contribution in [3.05, 3.63) is 24.3 Å². The summed E-state index contributed by atoms with van der Waals surface area (Å²) >= 11 is 0. The van der Waals surface area contributed by atoms with Crippen LogP contribution in [0.15, 0.2) is 29.4 Å². The van der Waals surface area contributed by atoms with E-state index in [0.29, 0.717) is 18.0 Å². The van der Waals surface area contributed by atoms with Crippen molar-refractivity contribution < 1.29 is 14.3 Å². The molecule has 0 saturated heterocycles. The lowest BCUT2D eigenvalue weighted by atomic mass is 10.2. The third-order valence-corrected chi connectivity index (χ3v) is 2.76. The maximum atomic E-state index is 11.7. The van der Waals surface area contributed by atoms with Crippen molar-refractivity contribution in [3.8, 4) is 5.75 Å². The van der Waals surface area contributed by atoms with Crippen LogP contribution in [0.2, 0.25) is 0 Å². The van der Waals surface area contributed by atoms with Crippen LogP contribution in [0.4, 0.5) is 5.69 Å². The molecule has 0 heterocycles. The molecule has 0 aromatic heterocycles. The predicted octanol–water partition coefficient (Wildman–Crippen LogP) is 2.32. The number of carbonyl (C=O) groups is 2. The number of nitrogens with zero attached hydrogens (tertiary/aromatic N) is 1. The average Bonchev–Trinajstić information content (AvgIpc) is 2.50. The van der Waals surface area contributed by atoms with Gasteiger partial charge in [0.15, 0.2) is 0 Å². The number of nitrogens with one attached hydrogen (secondary N) is 2. The molecule has 1 aromatic rings. The van der Waals surface area contributed by atoms with Gasteiger partial charge in [-0.2, -0.15) is 5.10 Å². The molecule has 1 rings (SSSR count). The van der Waals surface area contributed by atoms with E-state index in [1.165, 1.54) is 0 Å². The van der Waals surface area contributed by atoms with Crippen LogP contribution in [-0.4, -0.2) is 24.1 Å². The highest BCUT2D eigenvalue weighted by Crippen LogP contribution is 2.15. The fraction of sp³-hybridized carbons (Fsp3) is 0.400. The van der Waals surface area contributed by atoms with Crippen LogP contribution >= 0.6 is 0 Å². The number of rotatable bonds is 6. The first-order valence-corrected chi connectivity index (χ1v) is 7.00. The second-order valence-electron chi connectivity index (χ2n) is 4.24. The Labute approximate surface area is 124 Å². The van der Waals surface area contributed by atoms with Crippen LogP contribution in [0.25, 0.3) is 0 Å². The highest BCUT2D eigenvalue weighted by atomic mass is 16.5. The molecule has 0 spiro atoms. The van der Waals surface area contributed by atoms with E-state index < -0.39 is 11.8 Å². The minimum atomic E-state index is -0.789. The highest BCUT2D eigenvalue weighted by Gasteiger charge is 2.13. The first kappa shape index (κ1) is 16.7. The SMILES string of the molecule is CCOc1ccc(NC(=O)C(=O)NN=C(CC)CC)cc1. The summed E-state index contributed by atoms with van der Waals surface area (Å²) in [5.74, 6) is -0.835. The molecule has 0 saturated carbocycles. The van der Waals surface area contributed by atoms with Crippen molar-refractivity contribution in [3.63, 3.8) is 0 Å². The number of hydrogen-bond acceptors (Lipinski definition) is 4. The Balaban J connectivity index is 2.55. The van der Waals surface area contributed by atoms with Gasteiger partial charge < -0.3 is 10.1 Å². The number of amides is 2. The molecule has 21 heavy (non-hydrogen) atoms. The second kappa shape index (κ2) is 8.73. The lowest BCUT2D eigenvalue weighted by Crippen LogP contribution is -2.32. The Morgan fingerprint density at radius 2 is 1.67 bits per heavy atom. The lowest BCUT2D eigenvalue weighted by molar-refractivity contribution is -0.136. The van der Waals surface area contributed by atoms with E-state index in [0.717, 1.165) is 18.6 Å². The second-order valence-corrected chi connectivity index (χ2v) is 4.24. The van der Waals surface area contributed by atoms with Gasteiger partial charge in [0.2, 0.25) is 0 Å². The van der Waals surface area contributed by atoms with Gasteiger partial charge in [0.1, 0.15) is 5.75 Å². The molecule has 1 aromatic carbocycles. The van der Waals surface area contributed by atoms with Gasteiger partial charge in [-0.15, -0.1) is 0 Å². The van der Waals surface area contributed by atoms with E-state index in [4.69, 9.17) is 4.74 Å².